The van der Waals surface area contributed by atoms with Crippen molar-refractivity contribution in [3.8, 4) is 5.13 Å². The first kappa shape index (κ1) is 29.5. The summed E-state index contributed by atoms with van der Waals surface area (Å²) in [7, 11) is 0. The van der Waals surface area contributed by atoms with Crippen molar-refractivity contribution in [3.05, 3.63) is 57.0 Å². The van der Waals surface area contributed by atoms with Crippen LogP contribution in [-0.2, 0) is 29.7 Å². The fourth-order valence-electron chi connectivity index (χ4n) is 4.54. The second-order valence-electron chi connectivity index (χ2n) is 12.2. The van der Waals surface area contributed by atoms with Gasteiger partial charge in [0.2, 0.25) is 11.1 Å². The molecule has 1 aliphatic rings. The normalized spacial score (nSPS) is 14.3. The van der Waals surface area contributed by atoms with Gasteiger partial charge >= 0.3 is 12.3 Å². The Morgan fingerprint density at radius 1 is 1.10 bits per heavy atom. The zero-order valence-corrected chi connectivity index (χ0v) is 25.0. The molecule has 1 N–H and O–H groups in total. The zero-order valence-electron chi connectivity index (χ0n) is 24.2. The minimum Gasteiger partial charge on any atom is -0.444 e. The van der Waals surface area contributed by atoms with Gasteiger partial charge in [0.1, 0.15) is 17.5 Å². The summed E-state index contributed by atoms with van der Waals surface area (Å²) in [6.07, 6.45) is -3.16. The minimum atomic E-state index is -4.64. The molecule has 1 aliphatic heterocycles. The first-order valence-corrected chi connectivity index (χ1v) is 14.2. The van der Waals surface area contributed by atoms with E-state index in [9.17, 15) is 22.8 Å². The van der Waals surface area contributed by atoms with Gasteiger partial charge in [-0.3, -0.25) is 4.79 Å². The molecule has 0 bridgehead atoms. The van der Waals surface area contributed by atoms with Gasteiger partial charge in [0.15, 0.2) is 5.65 Å². The Balaban J connectivity index is 1.47. The summed E-state index contributed by atoms with van der Waals surface area (Å²) >= 11 is 1.14. The summed E-state index contributed by atoms with van der Waals surface area (Å²) in [4.78, 5) is 40.5. The van der Waals surface area contributed by atoms with Crippen LogP contribution >= 0.6 is 11.3 Å². The summed E-state index contributed by atoms with van der Waals surface area (Å²) in [5, 5.41) is 5.02. The number of thiazole rings is 1. The molecule has 1 amide bonds. The van der Waals surface area contributed by atoms with Crippen LogP contribution in [0.1, 0.15) is 58.4 Å². The number of amides is 1. The predicted octanol–water partition coefficient (Wildman–Crippen LogP) is 5.94. The topological polar surface area (TPSA) is 107 Å². The molecule has 0 aliphatic carbocycles. The quantitative estimate of drug-likeness (QED) is 0.308. The van der Waals surface area contributed by atoms with Crippen molar-refractivity contribution >= 4 is 40.1 Å². The highest BCUT2D eigenvalue weighted by molar-refractivity contribution is 7.12. The van der Waals surface area contributed by atoms with Gasteiger partial charge in [0, 0.05) is 35.8 Å². The molecule has 4 heterocycles. The summed E-state index contributed by atoms with van der Waals surface area (Å²) in [5.74, 6) is 0.110. The van der Waals surface area contributed by atoms with Crippen LogP contribution in [0.25, 0.3) is 16.2 Å². The lowest BCUT2D eigenvalue weighted by Gasteiger charge is -2.31. The molecule has 224 valence electrons. The Kier molecular flexibility index (Phi) is 7.32. The molecule has 14 heteroatoms. The fraction of sp³-hybridized carbons (Fsp3) is 0.464. The van der Waals surface area contributed by atoms with E-state index in [-0.39, 0.29) is 33.6 Å². The third kappa shape index (κ3) is 6.27. The van der Waals surface area contributed by atoms with E-state index in [2.05, 4.69) is 20.3 Å². The minimum absolute atomic E-state index is 0.0162. The van der Waals surface area contributed by atoms with Crippen molar-refractivity contribution in [1.29, 1.82) is 0 Å². The number of anilines is 2. The number of hydrogen-bond acceptors (Lipinski definition) is 8. The maximum absolute atomic E-state index is 13.5. The average Bonchev–Trinajstić information content (AvgIpc) is 3.45. The number of ether oxygens (including phenoxy) is 1. The molecule has 0 fully saturated rings. The Hall–Kier alpha value is -3.94. The van der Waals surface area contributed by atoms with Gasteiger partial charge in [0.25, 0.3) is 5.56 Å². The Bertz CT molecular complexity index is 1710. The van der Waals surface area contributed by atoms with Crippen LogP contribution in [0.15, 0.2) is 34.6 Å². The second-order valence-corrected chi connectivity index (χ2v) is 13.1. The number of hydrogen-bond donors (Lipinski definition) is 1. The molecule has 42 heavy (non-hydrogen) atoms. The summed E-state index contributed by atoms with van der Waals surface area (Å²) < 4.78 is 47.8. The number of rotatable bonds is 4. The molecule has 0 spiro atoms. The maximum Gasteiger partial charge on any atom is 0.410 e. The number of nitrogens with zero attached hydrogens (tertiary/aromatic N) is 6. The smallest absolute Gasteiger partial charge is 0.410 e. The van der Waals surface area contributed by atoms with Crippen LogP contribution in [0.5, 0.6) is 0 Å². The van der Waals surface area contributed by atoms with Crippen LogP contribution < -0.4 is 10.9 Å². The molecule has 5 rings (SSSR count). The summed E-state index contributed by atoms with van der Waals surface area (Å²) in [6, 6.07) is 5.63. The van der Waals surface area contributed by atoms with Gasteiger partial charge in [-0.05, 0) is 50.5 Å². The molecular weight excluding hydrogens is 571 g/mol. The average molecular weight is 604 g/mol. The van der Waals surface area contributed by atoms with Crippen molar-refractivity contribution in [1.82, 2.24) is 29.2 Å². The largest absolute Gasteiger partial charge is 0.444 e. The Labute approximate surface area is 244 Å². The lowest BCUT2D eigenvalue weighted by molar-refractivity contribution is -0.144. The van der Waals surface area contributed by atoms with E-state index in [1.54, 1.807) is 10.3 Å². The molecule has 0 radical (unpaired) electrons. The number of carbonyl (C=O) groups is 1. The first-order chi connectivity index (χ1) is 19.5. The first-order valence-electron chi connectivity index (χ1n) is 13.4. The molecule has 1 aromatic carbocycles. The van der Waals surface area contributed by atoms with Crippen molar-refractivity contribution in [2.45, 2.75) is 78.2 Å². The maximum atomic E-state index is 13.5. The van der Waals surface area contributed by atoms with Gasteiger partial charge < -0.3 is 15.0 Å². The predicted molar refractivity (Wildman–Crippen MR) is 154 cm³/mol. The number of aromatic nitrogens is 5. The van der Waals surface area contributed by atoms with Crippen LogP contribution in [-0.4, -0.2) is 53.6 Å². The van der Waals surface area contributed by atoms with Gasteiger partial charge in [-0.25, -0.2) is 24.1 Å². The number of nitrogens with one attached hydrogen (secondary N) is 1. The monoisotopic (exact) mass is 603 g/mol. The van der Waals surface area contributed by atoms with Crippen LogP contribution in [0, 0.1) is 0 Å². The number of alkyl halides is 3. The van der Waals surface area contributed by atoms with Crippen molar-refractivity contribution in [2.75, 3.05) is 11.9 Å². The van der Waals surface area contributed by atoms with E-state index < -0.39 is 23.9 Å². The summed E-state index contributed by atoms with van der Waals surface area (Å²) in [5.41, 5.74) is 1.59. The van der Waals surface area contributed by atoms with E-state index in [0.29, 0.717) is 35.6 Å². The molecule has 0 saturated carbocycles. The Morgan fingerprint density at radius 3 is 2.48 bits per heavy atom. The van der Waals surface area contributed by atoms with Gasteiger partial charge in [-0.2, -0.15) is 18.2 Å². The van der Waals surface area contributed by atoms with E-state index in [1.807, 2.05) is 59.7 Å². The lowest BCUT2D eigenvalue weighted by Crippen LogP contribution is -2.39. The molecule has 0 unspecified atom stereocenters. The molecule has 0 saturated heterocycles. The van der Waals surface area contributed by atoms with Crippen LogP contribution in [0.3, 0.4) is 0 Å². The van der Waals surface area contributed by atoms with Crippen LogP contribution in [0.2, 0.25) is 0 Å². The van der Waals surface area contributed by atoms with Crippen LogP contribution in [0.4, 0.5) is 29.6 Å². The Morgan fingerprint density at radius 2 is 1.83 bits per heavy atom. The van der Waals surface area contributed by atoms with Gasteiger partial charge in [0.05, 0.1) is 5.69 Å². The van der Waals surface area contributed by atoms with Gasteiger partial charge in [-0.15, -0.1) is 11.3 Å². The highest BCUT2D eigenvalue weighted by Gasteiger charge is 2.33. The van der Waals surface area contributed by atoms with E-state index in [1.165, 1.54) is 6.20 Å². The van der Waals surface area contributed by atoms with Crippen molar-refractivity contribution in [2.24, 2.45) is 0 Å². The number of halogens is 3. The highest BCUT2D eigenvalue weighted by Crippen LogP contribution is 2.29. The lowest BCUT2D eigenvalue weighted by atomic mass is 9.93. The molecular formula is C28H32F3N7O3S. The highest BCUT2D eigenvalue weighted by atomic mass is 32.1. The third-order valence-electron chi connectivity index (χ3n) is 6.57. The SMILES string of the molecule is CC(C)(C)OC(=O)N1CCc2cc(Nc3ncc4c(=O)n(CC(F)(F)F)n(-c5nc(C(C)(C)C)cs5)c4n3)ccc2C1. The number of fused-ring (bicyclic) bond motifs is 2. The van der Waals surface area contributed by atoms with Crippen molar-refractivity contribution in [3.63, 3.8) is 0 Å². The van der Waals surface area contributed by atoms with E-state index >= 15 is 0 Å². The van der Waals surface area contributed by atoms with Gasteiger partial charge in [-0.1, -0.05) is 26.8 Å². The molecule has 4 aromatic rings. The van der Waals surface area contributed by atoms with E-state index in [0.717, 1.165) is 27.1 Å². The molecule has 0 atom stereocenters. The third-order valence-corrected chi connectivity index (χ3v) is 7.39. The molecule has 3 aromatic heterocycles. The fourth-order valence-corrected chi connectivity index (χ4v) is 5.60. The number of benzene rings is 1. The molecule has 10 nitrogen and oxygen atoms in total. The summed E-state index contributed by atoms with van der Waals surface area (Å²) in [6.45, 7) is 10.7. The second kappa shape index (κ2) is 10.4. The number of carbonyl (C=O) groups excluding carboxylic acids is 1. The van der Waals surface area contributed by atoms with E-state index in [4.69, 9.17) is 4.74 Å². The zero-order chi connectivity index (χ0) is 30.6. The standard InChI is InChI=1S/C28H32F3N7O3S/c1-26(2,3)20-14-42-24(34-20)38-21-19(22(39)37(38)15-28(29,30)31)12-32-23(35-21)33-18-8-7-17-13-36(10-9-16(17)11-18)25(40)41-27(4,5)6/h7-8,11-12,14H,9-10,13,15H2,1-6H3,(H,32,33,35). The van der Waals surface area contributed by atoms with Crippen molar-refractivity contribution < 1.29 is 22.7 Å².